The van der Waals surface area contributed by atoms with Crippen molar-refractivity contribution < 1.29 is 0 Å². The maximum Gasteiger partial charge on any atom is 0.0285 e. The molecule has 3 heteroatoms. The van der Waals surface area contributed by atoms with Crippen molar-refractivity contribution >= 4 is 27.3 Å². The summed E-state index contributed by atoms with van der Waals surface area (Å²) in [4.78, 5) is 1.48. The molecule has 1 heterocycles. The fourth-order valence-electron chi connectivity index (χ4n) is 1.72. The van der Waals surface area contributed by atoms with Gasteiger partial charge in [0.1, 0.15) is 0 Å². The van der Waals surface area contributed by atoms with Gasteiger partial charge < -0.3 is 5.32 Å². The number of hydrogen-bond acceptors (Lipinski definition) is 2. The van der Waals surface area contributed by atoms with E-state index in [0.717, 1.165) is 6.54 Å². The maximum absolute atomic E-state index is 3.57. The first-order valence-corrected chi connectivity index (χ1v) is 7.39. The lowest BCUT2D eigenvalue weighted by Gasteiger charge is -2.16. The fraction of sp³-hybridized carbons (Fsp3) is 0.667. The van der Waals surface area contributed by atoms with Gasteiger partial charge in [-0.1, -0.05) is 26.7 Å². The number of nitrogens with one attached hydrogen (secondary N) is 1. The van der Waals surface area contributed by atoms with E-state index in [0.29, 0.717) is 6.04 Å². The number of rotatable bonds is 7. The smallest absolute Gasteiger partial charge is 0.0285 e. The zero-order valence-corrected chi connectivity index (χ0v) is 12.0. The van der Waals surface area contributed by atoms with Crippen molar-refractivity contribution in [2.24, 2.45) is 0 Å². The minimum atomic E-state index is 0.653. The zero-order valence-electron chi connectivity index (χ0n) is 9.55. The summed E-state index contributed by atoms with van der Waals surface area (Å²) in [7, 11) is 0. The third-order valence-electron chi connectivity index (χ3n) is 2.47. The molecule has 0 bridgehead atoms. The zero-order chi connectivity index (χ0) is 11.1. The molecule has 0 saturated carbocycles. The van der Waals surface area contributed by atoms with Gasteiger partial charge in [-0.05, 0) is 41.4 Å². The van der Waals surface area contributed by atoms with E-state index in [9.17, 15) is 0 Å². The summed E-state index contributed by atoms with van der Waals surface area (Å²) in [6, 6.07) is 2.89. The van der Waals surface area contributed by atoms with Crippen LogP contribution in [0.4, 0.5) is 0 Å². The van der Waals surface area contributed by atoms with Crippen LogP contribution < -0.4 is 5.32 Å². The molecule has 0 aliphatic rings. The van der Waals surface area contributed by atoms with Gasteiger partial charge in [-0.3, -0.25) is 0 Å². The standard InChI is InChI=1S/C12H20BrNS/c1-3-5-6-11(14-4-2)8-12-7-10(13)9-15-12/h7,9,11,14H,3-6,8H2,1-2H3. The molecule has 0 fully saturated rings. The van der Waals surface area contributed by atoms with Crippen molar-refractivity contribution in [3.63, 3.8) is 0 Å². The first-order chi connectivity index (χ1) is 7.26. The Labute approximate surface area is 105 Å². The summed E-state index contributed by atoms with van der Waals surface area (Å²) in [5.41, 5.74) is 0. The van der Waals surface area contributed by atoms with Crippen LogP contribution in [0.25, 0.3) is 0 Å². The van der Waals surface area contributed by atoms with Crippen LogP contribution in [0.5, 0.6) is 0 Å². The predicted octanol–water partition coefficient (Wildman–Crippen LogP) is 4.22. The number of halogens is 1. The summed E-state index contributed by atoms with van der Waals surface area (Å²) < 4.78 is 1.22. The molecular formula is C12H20BrNS. The summed E-state index contributed by atoms with van der Waals surface area (Å²) in [5, 5.41) is 5.73. The minimum Gasteiger partial charge on any atom is -0.314 e. The van der Waals surface area contributed by atoms with Gasteiger partial charge >= 0.3 is 0 Å². The van der Waals surface area contributed by atoms with Gasteiger partial charge in [0.25, 0.3) is 0 Å². The van der Waals surface area contributed by atoms with Crippen LogP contribution >= 0.6 is 27.3 Å². The lowest BCUT2D eigenvalue weighted by Crippen LogP contribution is -2.30. The highest BCUT2D eigenvalue weighted by atomic mass is 79.9. The number of unbranched alkanes of at least 4 members (excludes halogenated alkanes) is 1. The molecule has 0 radical (unpaired) electrons. The molecular weight excluding hydrogens is 270 g/mol. The first-order valence-electron chi connectivity index (χ1n) is 5.72. The van der Waals surface area contributed by atoms with Gasteiger partial charge in [-0.2, -0.15) is 0 Å². The van der Waals surface area contributed by atoms with Gasteiger partial charge in [0, 0.05) is 20.8 Å². The van der Waals surface area contributed by atoms with Crippen LogP contribution in [-0.4, -0.2) is 12.6 Å². The lowest BCUT2D eigenvalue weighted by molar-refractivity contribution is 0.476. The predicted molar refractivity (Wildman–Crippen MR) is 72.7 cm³/mol. The molecule has 1 aromatic heterocycles. The van der Waals surface area contributed by atoms with E-state index in [-0.39, 0.29) is 0 Å². The number of hydrogen-bond donors (Lipinski definition) is 1. The van der Waals surface area contributed by atoms with Gasteiger partial charge in [0.05, 0.1) is 0 Å². The molecule has 0 saturated heterocycles. The molecule has 1 rings (SSSR count). The molecule has 1 N–H and O–H groups in total. The third kappa shape index (κ3) is 5.14. The van der Waals surface area contributed by atoms with Crippen molar-refractivity contribution in [1.82, 2.24) is 5.32 Å². The van der Waals surface area contributed by atoms with Crippen molar-refractivity contribution in [2.75, 3.05) is 6.54 Å². The van der Waals surface area contributed by atoms with E-state index < -0.39 is 0 Å². The summed E-state index contributed by atoms with van der Waals surface area (Å²) in [5.74, 6) is 0. The quantitative estimate of drug-likeness (QED) is 0.792. The van der Waals surface area contributed by atoms with Crippen LogP contribution in [0.15, 0.2) is 15.9 Å². The van der Waals surface area contributed by atoms with Gasteiger partial charge in [-0.25, -0.2) is 0 Å². The van der Waals surface area contributed by atoms with Crippen LogP contribution in [0, 0.1) is 0 Å². The Morgan fingerprint density at radius 1 is 1.47 bits per heavy atom. The largest absolute Gasteiger partial charge is 0.314 e. The van der Waals surface area contributed by atoms with Crippen molar-refractivity contribution in [1.29, 1.82) is 0 Å². The van der Waals surface area contributed by atoms with Crippen LogP contribution in [0.3, 0.4) is 0 Å². The first kappa shape index (κ1) is 13.2. The van der Waals surface area contributed by atoms with Crippen molar-refractivity contribution in [2.45, 2.75) is 45.6 Å². The average molecular weight is 290 g/mol. The molecule has 0 aliphatic heterocycles. The molecule has 1 aromatic rings. The fourth-order valence-corrected chi connectivity index (χ4v) is 3.25. The van der Waals surface area contributed by atoms with E-state index in [1.165, 1.54) is 35.0 Å². The Bertz CT molecular complexity index is 272. The maximum atomic E-state index is 3.57. The summed E-state index contributed by atoms with van der Waals surface area (Å²) >= 11 is 5.35. The van der Waals surface area contributed by atoms with Gasteiger partial charge in [-0.15, -0.1) is 11.3 Å². The molecule has 0 aromatic carbocycles. The highest BCUT2D eigenvalue weighted by Crippen LogP contribution is 2.21. The average Bonchev–Trinajstić information content (AvgIpc) is 2.61. The Kier molecular flexibility index (Phi) is 6.53. The van der Waals surface area contributed by atoms with E-state index in [1.807, 2.05) is 11.3 Å². The lowest BCUT2D eigenvalue weighted by atomic mass is 10.1. The third-order valence-corrected chi connectivity index (χ3v) is 4.19. The highest BCUT2D eigenvalue weighted by Gasteiger charge is 2.09. The molecule has 0 amide bonds. The second-order valence-corrected chi connectivity index (χ2v) is 5.74. The minimum absolute atomic E-state index is 0.653. The Hall–Kier alpha value is 0.140. The normalized spacial score (nSPS) is 13.0. The molecule has 1 unspecified atom stereocenters. The number of likely N-dealkylation sites (N-methyl/N-ethyl adjacent to an activating group) is 1. The van der Waals surface area contributed by atoms with Crippen LogP contribution in [0.1, 0.15) is 38.0 Å². The highest BCUT2D eigenvalue weighted by molar-refractivity contribution is 9.10. The molecule has 1 nitrogen and oxygen atoms in total. The van der Waals surface area contributed by atoms with E-state index in [1.54, 1.807) is 0 Å². The Morgan fingerprint density at radius 2 is 2.27 bits per heavy atom. The van der Waals surface area contributed by atoms with Crippen LogP contribution in [-0.2, 0) is 6.42 Å². The van der Waals surface area contributed by atoms with Crippen molar-refractivity contribution in [3.05, 3.63) is 20.8 Å². The second kappa shape index (κ2) is 7.42. The van der Waals surface area contributed by atoms with E-state index >= 15 is 0 Å². The molecule has 15 heavy (non-hydrogen) atoms. The molecule has 0 aliphatic carbocycles. The second-order valence-electron chi connectivity index (χ2n) is 3.83. The molecule has 86 valence electrons. The summed E-state index contributed by atoms with van der Waals surface area (Å²) in [6.07, 6.45) is 5.07. The van der Waals surface area contributed by atoms with E-state index in [4.69, 9.17) is 0 Å². The topological polar surface area (TPSA) is 12.0 Å². The van der Waals surface area contributed by atoms with Gasteiger partial charge in [0.2, 0.25) is 0 Å². The number of thiophene rings is 1. The SMILES string of the molecule is CCCCC(Cc1cc(Br)cs1)NCC. The van der Waals surface area contributed by atoms with E-state index in [2.05, 4.69) is 46.5 Å². The van der Waals surface area contributed by atoms with Crippen LogP contribution in [0.2, 0.25) is 0 Å². The Balaban J connectivity index is 2.42. The molecule has 0 spiro atoms. The summed E-state index contributed by atoms with van der Waals surface area (Å²) in [6.45, 7) is 5.51. The Morgan fingerprint density at radius 3 is 2.80 bits per heavy atom. The van der Waals surface area contributed by atoms with Crippen molar-refractivity contribution in [3.8, 4) is 0 Å². The molecule has 1 atom stereocenters. The monoisotopic (exact) mass is 289 g/mol. The van der Waals surface area contributed by atoms with Gasteiger partial charge in [0.15, 0.2) is 0 Å².